The molecule has 696 valence electrons. The van der Waals surface area contributed by atoms with Crippen molar-refractivity contribution in [3.05, 3.63) is 534 Å². The van der Waals surface area contributed by atoms with Gasteiger partial charge < -0.3 is 0 Å². The van der Waals surface area contributed by atoms with E-state index in [1.54, 1.807) is 0 Å². The van der Waals surface area contributed by atoms with Crippen LogP contribution in [-0.2, 0) is 0 Å². The summed E-state index contributed by atoms with van der Waals surface area (Å²) in [5.41, 5.74) is 40.5. The first-order valence-corrected chi connectivity index (χ1v) is 51.0. The number of rotatable bonds is 15. The van der Waals surface area contributed by atoms with Crippen molar-refractivity contribution in [2.24, 2.45) is 0 Å². The molecule has 0 saturated carbocycles. The molecule has 0 aliphatic rings. The SMILES string of the molecule is c1ccc(-c2cc(-c3ccc(-c4c5ccccc5c(-c5ccc(-c6cc(-c7ccccc7)nc7c6ccc6c(-c8ccccc8)ccnc67)cc5)c5ccccc45)cc3)c3ccc4c(-c5ccccc5)ccnc4c3n2)cc1.c1ccc(-c2cc(-c3ccc(-c4c5ccccc5c(-c5ccc(-c6cc(-c7ccccc7)nc7c6ccc6c(-c8ccccc8)ccnc67)cc5)c5ccccc45)cc3)c3ccc4cccnc4c3n2)cc1. The van der Waals surface area contributed by atoms with Gasteiger partial charge in [-0.15, -0.1) is 0 Å². The summed E-state index contributed by atoms with van der Waals surface area (Å²) in [6.45, 7) is 0. The van der Waals surface area contributed by atoms with Gasteiger partial charge in [-0.1, -0.05) is 461 Å². The fourth-order valence-corrected chi connectivity index (χ4v) is 22.9. The molecule has 21 aromatic carbocycles. The van der Waals surface area contributed by atoms with Gasteiger partial charge in [0.05, 0.1) is 66.9 Å². The van der Waals surface area contributed by atoms with Crippen molar-refractivity contribution in [1.82, 2.24) is 39.9 Å². The molecule has 8 nitrogen and oxygen atoms in total. The first-order chi connectivity index (χ1) is 74.4. The van der Waals surface area contributed by atoms with Crippen LogP contribution in [-0.4, -0.2) is 39.9 Å². The van der Waals surface area contributed by atoms with Gasteiger partial charge in [0.15, 0.2) is 0 Å². The summed E-state index contributed by atoms with van der Waals surface area (Å²) < 4.78 is 0. The second-order valence-electron chi connectivity index (χ2n) is 38.5. The van der Waals surface area contributed by atoms with E-state index >= 15 is 0 Å². The molecule has 0 aliphatic carbocycles. The largest absolute Gasteiger partial charge is 0.254 e. The zero-order valence-corrected chi connectivity index (χ0v) is 81.4. The summed E-state index contributed by atoms with van der Waals surface area (Å²) in [5, 5.41) is 18.3. The number of hydrogen-bond donors (Lipinski definition) is 0. The van der Waals surface area contributed by atoms with Gasteiger partial charge in [-0.05, 0) is 214 Å². The normalized spacial score (nSPS) is 11.6. The summed E-state index contributed by atoms with van der Waals surface area (Å²) in [7, 11) is 0. The third-order valence-electron chi connectivity index (χ3n) is 30.0. The summed E-state index contributed by atoms with van der Waals surface area (Å²) in [4.78, 5) is 41.1. The van der Waals surface area contributed by atoms with Crippen LogP contribution in [0.15, 0.2) is 534 Å². The zero-order chi connectivity index (χ0) is 99.1. The summed E-state index contributed by atoms with van der Waals surface area (Å²) in [6.07, 6.45) is 7.59. The number of nitrogens with zero attached hydrogens (tertiary/aromatic N) is 8. The Morgan fingerprint density at radius 2 is 0.293 bits per heavy atom. The molecule has 0 saturated heterocycles. The lowest BCUT2D eigenvalue weighted by Crippen LogP contribution is -1.94. The van der Waals surface area contributed by atoms with Gasteiger partial charge in [-0.2, -0.15) is 0 Å². The highest BCUT2D eigenvalue weighted by Gasteiger charge is 2.26. The van der Waals surface area contributed by atoms with Crippen molar-refractivity contribution in [2.75, 3.05) is 0 Å². The van der Waals surface area contributed by atoms with Crippen molar-refractivity contribution >= 4 is 130 Å². The molecular weight excluding hydrogens is 1820 g/mol. The molecule has 29 rings (SSSR count). The number of fused-ring (bicyclic) bond motifs is 16. The molecule has 0 radical (unpaired) electrons. The predicted molar refractivity (Wildman–Crippen MR) is 627 cm³/mol. The summed E-state index contributed by atoms with van der Waals surface area (Å²) in [5.74, 6) is 0. The molecule has 0 spiro atoms. The molecule has 0 unspecified atom stereocenters. The molecule has 0 bridgehead atoms. The molecule has 0 amide bonds. The highest BCUT2D eigenvalue weighted by atomic mass is 14.8. The fraction of sp³-hybridized carbons (Fsp3) is 0. The molecule has 0 atom stereocenters. The second kappa shape index (κ2) is 37.3. The number of hydrogen-bond acceptors (Lipinski definition) is 8. The Hall–Kier alpha value is -20.1. The van der Waals surface area contributed by atoms with Gasteiger partial charge in [0.25, 0.3) is 0 Å². The number of pyridine rings is 8. The van der Waals surface area contributed by atoms with Crippen LogP contribution in [0, 0.1) is 0 Å². The Balaban J connectivity index is 0.000000145. The third-order valence-corrected chi connectivity index (χ3v) is 30.0. The van der Waals surface area contributed by atoms with Crippen molar-refractivity contribution < 1.29 is 0 Å². The van der Waals surface area contributed by atoms with Gasteiger partial charge in [0, 0.05) is 90.1 Å². The van der Waals surface area contributed by atoms with Gasteiger partial charge in [0.2, 0.25) is 0 Å². The lowest BCUT2D eigenvalue weighted by molar-refractivity contribution is 1.37. The Kier molecular flexibility index (Phi) is 21.8. The van der Waals surface area contributed by atoms with E-state index in [9.17, 15) is 0 Å². The minimum atomic E-state index is 0.890. The van der Waals surface area contributed by atoms with E-state index < -0.39 is 0 Å². The molecule has 0 N–H and O–H groups in total. The van der Waals surface area contributed by atoms with Crippen LogP contribution in [0.4, 0.5) is 0 Å². The first kappa shape index (κ1) is 87.7. The smallest absolute Gasteiger partial charge is 0.0978 e. The highest BCUT2D eigenvalue weighted by molar-refractivity contribution is 6.25. The van der Waals surface area contributed by atoms with E-state index in [1.165, 1.54) is 70.9 Å². The third kappa shape index (κ3) is 15.5. The average molecular weight is 1910 g/mol. The molecule has 0 fully saturated rings. The van der Waals surface area contributed by atoms with Crippen LogP contribution >= 0.6 is 0 Å². The van der Waals surface area contributed by atoms with Gasteiger partial charge in [-0.25, -0.2) is 19.9 Å². The Labute approximate surface area is 865 Å². The van der Waals surface area contributed by atoms with Gasteiger partial charge in [0.1, 0.15) is 0 Å². The average Bonchev–Trinajstić information content (AvgIpc) is 0.736. The van der Waals surface area contributed by atoms with Gasteiger partial charge in [-0.3, -0.25) is 19.9 Å². The quantitative estimate of drug-likeness (QED) is 0.0739. The maximum Gasteiger partial charge on any atom is 0.0978 e. The highest BCUT2D eigenvalue weighted by Crippen LogP contribution is 2.51. The Morgan fingerprint density at radius 1 is 0.107 bits per heavy atom. The van der Waals surface area contributed by atoms with Crippen LogP contribution in [0.3, 0.4) is 0 Å². The molecule has 8 aromatic heterocycles. The van der Waals surface area contributed by atoms with E-state index in [-0.39, 0.29) is 0 Å². The maximum absolute atomic E-state index is 5.36. The fourth-order valence-electron chi connectivity index (χ4n) is 22.9. The van der Waals surface area contributed by atoms with E-state index in [0.29, 0.717) is 0 Å². The molecule has 150 heavy (non-hydrogen) atoms. The van der Waals surface area contributed by atoms with Crippen molar-refractivity contribution in [2.45, 2.75) is 0 Å². The minimum absolute atomic E-state index is 0.890. The Bertz CT molecular complexity index is 9960. The van der Waals surface area contributed by atoms with Crippen LogP contribution in [0.1, 0.15) is 0 Å². The van der Waals surface area contributed by atoms with E-state index in [0.717, 1.165) is 227 Å². The predicted octanol–water partition coefficient (Wildman–Crippen LogP) is 37.4. The molecular formula is C142H88N8. The first-order valence-electron chi connectivity index (χ1n) is 51.0. The van der Waals surface area contributed by atoms with Crippen LogP contribution in [0.2, 0.25) is 0 Å². The standard InChI is InChI=1S/C74H46N4.C68H42N4/c1-5-17-47(18-6-1)55-41-43-75-71-61(55)37-39-63-65(45-67(77-73(63)71)51-21-9-3-10-22-51)49-29-33-53(34-30-49)69-57-25-13-15-27-59(57)70(60-28-16-14-26-58(60)69)54-35-31-50(32-36-54)66-46-68(52-23-11-4-12-24-52)78-74-64(66)40-38-62-56(42-44-76-72(62)74)48-19-7-2-8-20-48;1-4-15-43(16-5-1)51-38-40-70-66-56(51)36-37-58-60(42-62(72-68(58)66)47-19-8-3-9-20-47)45-28-32-49(33-29-45)64-54-24-12-10-22-52(54)63(53-23-11-13-25-55(53)64)48-30-26-44(27-31-48)59-41-61(46-17-6-2-7-18-46)71-67-57(59)35-34-50-21-14-39-69-65(50)67/h1-46H;1-42H. The molecule has 8 heterocycles. The van der Waals surface area contributed by atoms with E-state index in [4.69, 9.17) is 39.9 Å². The minimum Gasteiger partial charge on any atom is -0.254 e. The zero-order valence-electron chi connectivity index (χ0n) is 81.4. The monoisotopic (exact) mass is 1900 g/mol. The lowest BCUT2D eigenvalue weighted by atomic mass is 9.85. The Morgan fingerprint density at radius 3 is 0.533 bits per heavy atom. The molecule has 0 aliphatic heterocycles. The summed E-state index contributed by atoms with van der Waals surface area (Å²) >= 11 is 0. The van der Waals surface area contributed by atoms with Crippen molar-refractivity contribution in [3.8, 4) is 167 Å². The molecule has 29 aromatic rings. The second-order valence-corrected chi connectivity index (χ2v) is 38.5. The topological polar surface area (TPSA) is 103 Å². The number of benzene rings is 21. The maximum atomic E-state index is 5.36. The van der Waals surface area contributed by atoms with Crippen LogP contribution < -0.4 is 0 Å². The molecule has 8 heteroatoms. The lowest BCUT2D eigenvalue weighted by Gasteiger charge is -2.18. The van der Waals surface area contributed by atoms with Crippen LogP contribution in [0.25, 0.3) is 298 Å². The van der Waals surface area contributed by atoms with E-state index in [2.05, 4.69) is 497 Å². The van der Waals surface area contributed by atoms with Crippen molar-refractivity contribution in [3.63, 3.8) is 0 Å². The van der Waals surface area contributed by atoms with Crippen LogP contribution in [0.5, 0.6) is 0 Å². The number of aromatic nitrogens is 8. The van der Waals surface area contributed by atoms with Crippen molar-refractivity contribution in [1.29, 1.82) is 0 Å². The van der Waals surface area contributed by atoms with E-state index in [1.807, 2.05) is 36.9 Å². The van der Waals surface area contributed by atoms with Gasteiger partial charge >= 0.3 is 0 Å². The summed E-state index contributed by atoms with van der Waals surface area (Å²) in [6, 6.07) is 183.